The Labute approximate surface area is 324 Å². The van der Waals surface area contributed by atoms with Crippen LogP contribution in [0.1, 0.15) is 149 Å². The van der Waals surface area contributed by atoms with Crippen molar-refractivity contribution in [1.29, 1.82) is 0 Å². The van der Waals surface area contributed by atoms with E-state index in [0.717, 1.165) is 103 Å². The van der Waals surface area contributed by atoms with Crippen LogP contribution < -0.4 is 0 Å². The van der Waals surface area contributed by atoms with Crippen LogP contribution in [0.4, 0.5) is 0 Å². The summed E-state index contributed by atoms with van der Waals surface area (Å²) in [6.45, 7) is 3.89. The number of carbonyl (C=O) groups is 2. The molecule has 0 saturated carbocycles. The van der Waals surface area contributed by atoms with Crippen LogP contribution in [0, 0.1) is 0 Å². The first kappa shape index (κ1) is 49.3. The standard InChI is InChI=1S/C48H74O5/c1-3-5-7-9-11-12-13-14-15-16-17-18-19-20-21-22-23-24-25-26-27-28-29-30-31-32-33-34-35-36-37-39-41-43-48(51)53-46(44-49)45-52-47(50)42-40-38-10-8-6-4-2/h5,7,11-12,14-15,17-18,20-21,23-24,26-27,29-30,32-33,35-36,46,49H,3-4,6,8-10,13,16,19,22,25,28,31,34,37-45H2,1-2H3/b7-5-,12-11-,15-14-,18-17-,21-20-,24-23-,27-26-,30-29-,33-32-,36-35-. The summed E-state index contributed by atoms with van der Waals surface area (Å²) >= 11 is 0. The molecule has 53 heavy (non-hydrogen) atoms. The molecule has 5 heteroatoms. The second-order valence-electron chi connectivity index (χ2n) is 13.0. The number of esters is 2. The molecule has 0 aliphatic rings. The van der Waals surface area contributed by atoms with Crippen molar-refractivity contribution in [3.8, 4) is 0 Å². The first-order chi connectivity index (χ1) is 26.1. The van der Waals surface area contributed by atoms with Crippen LogP contribution in [0.5, 0.6) is 0 Å². The predicted octanol–water partition coefficient (Wildman–Crippen LogP) is 13.2. The van der Waals surface area contributed by atoms with Crippen LogP contribution in [0.3, 0.4) is 0 Å². The molecule has 0 heterocycles. The molecule has 1 N–H and O–H groups in total. The largest absolute Gasteiger partial charge is 0.462 e. The topological polar surface area (TPSA) is 72.8 Å². The average Bonchev–Trinajstić information content (AvgIpc) is 3.16. The molecule has 0 radical (unpaired) electrons. The highest BCUT2D eigenvalue weighted by molar-refractivity contribution is 5.70. The summed E-state index contributed by atoms with van der Waals surface area (Å²) in [5.74, 6) is -0.666. The lowest BCUT2D eigenvalue weighted by molar-refractivity contribution is -0.161. The highest BCUT2D eigenvalue weighted by Gasteiger charge is 2.16. The molecule has 0 aromatic heterocycles. The third-order valence-corrected chi connectivity index (χ3v) is 8.02. The van der Waals surface area contributed by atoms with Gasteiger partial charge in [-0.25, -0.2) is 0 Å². The van der Waals surface area contributed by atoms with E-state index >= 15 is 0 Å². The molecule has 0 spiro atoms. The van der Waals surface area contributed by atoms with Crippen molar-refractivity contribution >= 4 is 11.9 Å². The number of rotatable bonds is 35. The molecule has 0 bridgehead atoms. The van der Waals surface area contributed by atoms with Crippen molar-refractivity contribution < 1.29 is 24.2 Å². The predicted molar refractivity (Wildman–Crippen MR) is 228 cm³/mol. The quantitative estimate of drug-likeness (QED) is 0.0399. The van der Waals surface area contributed by atoms with Gasteiger partial charge in [-0.3, -0.25) is 9.59 Å². The molecule has 0 aliphatic carbocycles. The number of aliphatic hydroxyl groups excluding tert-OH is 1. The van der Waals surface area contributed by atoms with Crippen molar-refractivity contribution in [2.24, 2.45) is 0 Å². The third-order valence-electron chi connectivity index (χ3n) is 8.02. The van der Waals surface area contributed by atoms with Gasteiger partial charge in [-0.2, -0.15) is 0 Å². The summed E-state index contributed by atoms with van der Waals surface area (Å²) in [7, 11) is 0. The Bertz CT molecular complexity index is 1140. The van der Waals surface area contributed by atoms with Crippen molar-refractivity contribution in [2.45, 2.75) is 155 Å². The van der Waals surface area contributed by atoms with Gasteiger partial charge in [0.05, 0.1) is 6.61 Å². The molecule has 0 amide bonds. The number of unbranched alkanes of at least 4 members (excludes halogenated alkanes) is 7. The fourth-order valence-electron chi connectivity index (χ4n) is 4.93. The van der Waals surface area contributed by atoms with Gasteiger partial charge in [-0.05, 0) is 89.9 Å². The van der Waals surface area contributed by atoms with Crippen LogP contribution in [0.2, 0.25) is 0 Å². The fourth-order valence-corrected chi connectivity index (χ4v) is 4.93. The van der Waals surface area contributed by atoms with Crippen molar-refractivity contribution in [1.82, 2.24) is 0 Å². The molecule has 5 nitrogen and oxygen atoms in total. The van der Waals surface area contributed by atoms with E-state index in [4.69, 9.17) is 9.47 Å². The Balaban J connectivity index is 3.73. The second kappa shape index (κ2) is 42.7. The van der Waals surface area contributed by atoms with Gasteiger partial charge in [0.2, 0.25) is 0 Å². The molecule has 0 fully saturated rings. The van der Waals surface area contributed by atoms with Gasteiger partial charge in [0, 0.05) is 12.8 Å². The maximum Gasteiger partial charge on any atom is 0.306 e. The lowest BCUT2D eigenvalue weighted by atomic mass is 10.1. The molecule has 296 valence electrons. The van der Waals surface area contributed by atoms with E-state index in [1.165, 1.54) is 19.3 Å². The lowest BCUT2D eigenvalue weighted by Gasteiger charge is -2.15. The van der Waals surface area contributed by atoms with Gasteiger partial charge < -0.3 is 14.6 Å². The molecule has 0 aromatic rings. The number of hydrogen-bond donors (Lipinski definition) is 1. The van der Waals surface area contributed by atoms with Crippen LogP contribution in [-0.2, 0) is 19.1 Å². The first-order valence-electron chi connectivity index (χ1n) is 20.6. The summed E-state index contributed by atoms with van der Waals surface area (Å²) < 4.78 is 10.5. The minimum absolute atomic E-state index is 0.0915. The Morgan fingerprint density at radius 1 is 0.453 bits per heavy atom. The molecular formula is C48H74O5. The molecule has 0 rings (SSSR count). The average molecular weight is 731 g/mol. The number of ether oxygens (including phenoxy) is 2. The summed E-state index contributed by atoms with van der Waals surface area (Å²) in [4.78, 5) is 24.0. The monoisotopic (exact) mass is 731 g/mol. The smallest absolute Gasteiger partial charge is 0.306 e. The van der Waals surface area contributed by atoms with Gasteiger partial charge in [-0.1, -0.05) is 167 Å². The van der Waals surface area contributed by atoms with E-state index in [2.05, 4.69) is 135 Å². The Hall–Kier alpha value is -3.70. The minimum atomic E-state index is -0.798. The lowest BCUT2D eigenvalue weighted by Crippen LogP contribution is -2.28. The van der Waals surface area contributed by atoms with E-state index in [1.807, 2.05) is 0 Å². The SMILES string of the molecule is CC/C=C\C/C=C\C/C=C\C/C=C\C/C=C\C/C=C\C/C=C\C/C=C\C/C=C\C/C=C\CCCCC(=O)OC(CO)COC(=O)CCCCCCCC. The van der Waals surface area contributed by atoms with Gasteiger partial charge in [-0.15, -0.1) is 0 Å². The Morgan fingerprint density at radius 2 is 0.811 bits per heavy atom. The van der Waals surface area contributed by atoms with Gasteiger partial charge in [0.25, 0.3) is 0 Å². The van der Waals surface area contributed by atoms with Crippen molar-refractivity contribution in [3.05, 3.63) is 122 Å². The second-order valence-corrected chi connectivity index (χ2v) is 13.0. The summed E-state index contributed by atoms with van der Waals surface area (Å²) in [6.07, 6.45) is 63.0. The maximum atomic E-state index is 12.1. The fraction of sp³-hybridized carbons (Fsp3) is 0.542. The molecule has 0 aliphatic heterocycles. The number of aliphatic hydroxyl groups is 1. The van der Waals surface area contributed by atoms with Crippen LogP contribution in [0.25, 0.3) is 0 Å². The zero-order valence-electron chi connectivity index (χ0n) is 33.5. The Morgan fingerprint density at radius 3 is 1.23 bits per heavy atom. The zero-order chi connectivity index (χ0) is 38.6. The summed E-state index contributed by atoms with van der Waals surface area (Å²) in [5, 5.41) is 9.48. The van der Waals surface area contributed by atoms with E-state index in [1.54, 1.807) is 0 Å². The van der Waals surface area contributed by atoms with Crippen molar-refractivity contribution in [3.63, 3.8) is 0 Å². The normalized spacial score (nSPS) is 13.5. The third kappa shape index (κ3) is 40.9. The van der Waals surface area contributed by atoms with Crippen LogP contribution in [0.15, 0.2) is 122 Å². The van der Waals surface area contributed by atoms with Crippen molar-refractivity contribution in [2.75, 3.05) is 13.2 Å². The van der Waals surface area contributed by atoms with Gasteiger partial charge in [0.1, 0.15) is 6.61 Å². The zero-order valence-corrected chi connectivity index (χ0v) is 33.5. The number of allylic oxidation sites excluding steroid dienone is 20. The van der Waals surface area contributed by atoms with E-state index < -0.39 is 6.10 Å². The first-order valence-corrected chi connectivity index (χ1v) is 20.6. The summed E-state index contributed by atoms with van der Waals surface area (Å²) in [6, 6.07) is 0. The minimum Gasteiger partial charge on any atom is -0.462 e. The van der Waals surface area contributed by atoms with Gasteiger partial charge >= 0.3 is 11.9 Å². The number of carbonyl (C=O) groups excluding carboxylic acids is 2. The molecule has 1 unspecified atom stereocenters. The molecule has 0 aromatic carbocycles. The van der Waals surface area contributed by atoms with Crippen LogP contribution >= 0.6 is 0 Å². The number of hydrogen-bond acceptors (Lipinski definition) is 5. The highest BCUT2D eigenvalue weighted by atomic mass is 16.6. The van der Waals surface area contributed by atoms with E-state index in [9.17, 15) is 14.7 Å². The molecule has 1 atom stereocenters. The molecular weight excluding hydrogens is 657 g/mol. The Kier molecular flexibility index (Phi) is 39.7. The highest BCUT2D eigenvalue weighted by Crippen LogP contribution is 2.09. The van der Waals surface area contributed by atoms with E-state index in [-0.39, 0.29) is 25.2 Å². The van der Waals surface area contributed by atoms with E-state index in [0.29, 0.717) is 12.8 Å². The maximum absolute atomic E-state index is 12.1. The van der Waals surface area contributed by atoms with Gasteiger partial charge in [0.15, 0.2) is 6.10 Å². The summed E-state index contributed by atoms with van der Waals surface area (Å²) in [5.41, 5.74) is 0. The van der Waals surface area contributed by atoms with Crippen LogP contribution in [-0.4, -0.2) is 36.4 Å². The molecule has 0 saturated heterocycles.